The fourth-order valence-corrected chi connectivity index (χ4v) is 16.9. The summed E-state index contributed by atoms with van der Waals surface area (Å²) < 4.78 is 11.9. The van der Waals surface area contributed by atoms with E-state index in [2.05, 4.69) is 385 Å². The number of imidazole rings is 4. The van der Waals surface area contributed by atoms with E-state index >= 15 is 0 Å². The van der Waals surface area contributed by atoms with Gasteiger partial charge >= 0.3 is 0 Å². The number of aromatic nitrogens is 7. The molecule has 514 valence electrons. The minimum Gasteiger partial charge on any atom is -0.306 e. The molecule has 106 heavy (non-hydrogen) atoms. The molecule has 0 radical (unpaired) electrons. The number of rotatable bonds is 8. The third-order valence-electron chi connectivity index (χ3n) is 22.7. The topological polar surface area (TPSA) is 73.2 Å². The Balaban J connectivity index is 1.05. The van der Waals surface area contributed by atoms with Crippen LogP contribution in [-0.4, -0.2) is 32.5 Å². The average Bonchev–Trinajstić information content (AvgIpc) is 1.51. The lowest BCUT2D eigenvalue weighted by molar-refractivity contribution is 0.589. The van der Waals surface area contributed by atoms with Gasteiger partial charge in [0.1, 0.15) is 11.6 Å². The molecule has 0 fully saturated rings. The van der Waals surface area contributed by atoms with Crippen LogP contribution in [0.5, 0.6) is 0 Å². The lowest BCUT2D eigenvalue weighted by Crippen LogP contribution is -2.16. The van der Waals surface area contributed by atoms with Gasteiger partial charge in [0, 0.05) is 16.7 Å². The molecule has 8 nitrogen and oxygen atoms in total. The van der Waals surface area contributed by atoms with Crippen LogP contribution in [0.1, 0.15) is 134 Å². The van der Waals surface area contributed by atoms with E-state index in [9.17, 15) is 5.26 Å². The van der Waals surface area contributed by atoms with E-state index in [-0.39, 0.29) is 21.7 Å². The highest BCUT2D eigenvalue weighted by Crippen LogP contribution is 2.55. The van der Waals surface area contributed by atoms with E-state index in [4.69, 9.17) is 9.97 Å². The summed E-state index contributed by atoms with van der Waals surface area (Å²) in [6.45, 7) is 27.7. The van der Waals surface area contributed by atoms with E-state index in [0.29, 0.717) is 11.3 Å². The first-order valence-corrected chi connectivity index (χ1v) is 37.2. The van der Waals surface area contributed by atoms with Crippen molar-refractivity contribution >= 4 is 77.5 Å². The van der Waals surface area contributed by atoms with Crippen molar-refractivity contribution in [1.82, 2.24) is 32.5 Å². The van der Waals surface area contributed by atoms with Gasteiger partial charge in [0.2, 0.25) is 11.6 Å². The summed E-state index contributed by atoms with van der Waals surface area (Å²) >= 11 is 0. The van der Waals surface area contributed by atoms with Crippen LogP contribution >= 0.6 is 0 Å². The number of fused-ring (bicyclic) bond motifs is 16. The first kappa shape index (κ1) is 64.5. The van der Waals surface area contributed by atoms with Gasteiger partial charge in [-0.3, -0.25) is 17.9 Å². The van der Waals surface area contributed by atoms with E-state index < -0.39 is 5.92 Å². The maximum absolute atomic E-state index is 13.6. The Hall–Kier alpha value is -12.3. The molecule has 1 aliphatic rings. The fraction of sp³-hybridized carbons (Fsp3) is 0.173. The smallest absolute Gasteiger partial charge is 0.220 e. The third kappa shape index (κ3) is 10.1. The molecule has 0 spiro atoms. The quantitative estimate of drug-likeness (QED) is 0.152. The summed E-state index contributed by atoms with van der Waals surface area (Å²) in [5.41, 5.74) is 31.0. The molecule has 1 aliphatic carbocycles. The van der Waals surface area contributed by atoms with Crippen molar-refractivity contribution in [1.29, 1.82) is 5.26 Å². The molecule has 0 bridgehead atoms. The predicted molar refractivity (Wildman–Crippen MR) is 441 cm³/mol. The molecule has 18 aromatic rings. The average molecular weight is 1370 g/mol. The highest BCUT2D eigenvalue weighted by atomic mass is 15.2. The zero-order chi connectivity index (χ0) is 72.6. The van der Waals surface area contributed by atoms with Gasteiger partial charge in [-0.15, -0.1) is 0 Å². The summed E-state index contributed by atoms with van der Waals surface area (Å²) in [5.74, 6) is 1.02. The van der Waals surface area contributed by atoms with E-state index in [1.54, 1.807) is 0 Å². The van der Waals surface area contributed by atoms with Crippen LogP contribution in [-0.2, 0) is 21.7 Å². The van der Waals surface area contributed by atoms with Crippen molar-refractivity contribution in [3.8, 4) is 78.8 Å². The van der Waals surface area contributed by atoms with Crippen molar-refractivity contribution in [3.05, 3.63) is 317 Å². The SMILES string of the molecule is CC(C)(C)c1ccc2c(c1)-c1cc(C(C)(C)C)ccc1C2c1cc(-n2c3ccc(-c4ccccc4)cc3n3c4cc(-c5ccccc5)ccc4nc23)c(-n2c3ccc(C(C)(C)C)cc3c3cc(C(C)(C)C)ccc32)c(C#N)c1-n1c2ccc(-c3ccccc3)cc2n2c3cc(-c4ccccc4)ccc3nc12. The van der Waals surface area contributed by atoms with Gasteiger partial charge in [-0.2, -0.15) is 5.26 Å². The molecule has 0 unspecified atom stereocenters. The second kappa shape index (κ2) is 23.3. The maximum atomic E-state index is 13.6. The highest BCUT2D eigenvalue weighted by Gasteiger charge is 2.39. The van der Waals surface area contributed by atoms with Crippen LogP contribution in [0, 0.1) is 11.3 Å². The summed E-state index contributed by atoms with van der Waals surface area (Å²) in [5, 5.41) is 15.8. The Morgan fingerprint density at radius 1 is 0.292 bits per heavy atom. The largest absolute Gasteiger partial charge is 0.306 e. The van der Waals surface area contributed by atoms with Crippen LogP contribution in [0.2, 0.25) is 0 Å². The van der Waals surface area contributed by atoms with Gasteiger partial charge in [-0.05, 0) is 195 Å². The molecule has 0 aliphatic heterocycles. The van der Waals surface area contributed by atoms with Crippen molar-refractivity contribution in [2.24, 2.45) is 0 Å². The van der Waals surface area contributed by atoms with Gasteiger partial charge in [0.15, 0.2) is 0 Å². The Labute approximate surface area is 618 Å². The second-order valence-corrected chi connectivity index (χ2v) is 33.4. The zero-order valence-corrected chi connectivity index (χ0v) is 62.1. The second-order valence-electron chi connectivity index (χ2n) is 33.4. The molecule has 0 atom stereocenters. The molecule has 8 heteroatoms. The summed E-state index contributed by atoms with van der Waals surface area (Å²) in [6, 6.07) is 104. The standard InChI is InChI=1S/C98H82N8/c1-95(2,3)67-37-41-71-73(53-67)74-54-68(96(4,5)6)38-42-72(74)90(71)77-57-89(103-83-45-35-65(61-29-21-15-22-30-61)51-87(83)104-85-49-63(59-25-17-13-18-26-59)33-43-79(85)100-93(103)104)92(102-81-47-39-69(97(7,8)9)55-75(81)76-56-70(98(10,11)12)40-48-82(76)102)78(58-99)91(77)106-84-46-36-66(62-31-23-16-24-32-62)52-88(84)105-86-50-64(60-27-19-14-20-28-60)34-44-80(86)101-94(105)106/h13-57,90H,1-12H3. The van der Waals surface area contributed by atoms with Crippen molar-refractivity contribution in [2.45, 2.75) is 111 Å². The molecule has 13 aromatic carbocycles. The van der Waals surface area contributed by atoms with Gasteiger partial charge in [0.25, 0.3) is 0 Å². The molecule has 5 aromatic heterocycles. The number of benzene rings is 13. The van der Waals surface area contributed by atoms with Gasteiger partial charge in [-0.1, -0.05) is 277 Å². The Bertz CT molecular complexity index is 6580. The van der Waals surface area contributed by atoms with Gasteiger partial charge in [0.05, 0.1) is 72.2 Å². The molecule has 5 heterocycles. The number of hydrogen-bond acceptors (Lipinski definition) is 3. The van der Waals surface area contributed by atoms with Crippen LogP contribution in [0.3, 0.4) is 0 Å². The molecular formula is C98H82N8. The molecule has 0 N–H and O–H groups in total. The third-order valence-corrected chi connectivity index (χ3v) is 22.7. The summed E-state index contributed by atoms with van der Waals surface area (Å²) in [7, 11) is 0. The Morgan fingerprint density at radius 3 is 1.04 bits per heavy atom. The first-order valence-electron chi connectivity index (χ1n) is 37.2. The first-order chi connectivity index (χ1) is 51.0. The van der Waals surface area contributed by atoms with Crippen LogP contribution in [0.25, 0.3) is 150 Å². The zero-order valence-electron chi connectivity index (χ0n) is 62.1. The minimum absolute atomic E-state index is 0.152. The van der Waals surface area contributed by atoms with Crippen molar-refractivity contribution in [3.63, 3.8) is 0 Å². The highest BCUT2D eigenvalue weighted by molar-refractivity contribution is 6.11. The molecule has 19 rings (SSSR count). The minimum atomic E-state index is -0.408. The van der Waals surface area contributed by atoms with Crippen LogP contribution in [0.4, 0.5) is 0 Å². The van der Waals surface area contributed by atoms with E-state index in [1.165, 1.54) is 44.5 Å². The maximum Gasteiger partial charge on any atom is 0.220 e. The molecular weight excluding hydrogens is 1290 g/mol. The number of nitrogens with zero attached hydrogens (tertiary/aromatic N) is 8. The molecule has 0 saturated heterocycles. The van der Waals surface area contributed by atoms with Crippen LogP contribution < -0.4 is 0 Å². The normalized spacial score (nSPS) is 13.0. The molecule has 0 saturated carbocycles. The van der Waals surface area contributed by atoms with E-state index in [1.807, 2.05) is 0 Å². The lowest BCUT2D eigenvalue weighted by Gasteiger charge is -2.27. The van der Waals surface area contributed by atoms with Crippen molar-refractivity contribution < 1.29 is 0 Å². The summed E-state index contributed by atoms with van der Waals surface area (Å²) in [6.07, 6.45) is 0. The van der Waals surface area contributed by atoms with Crippen molar-refractivity contribution in [2.75, 3.05) is 0 Å². The Morgan fingerprint density at radius 2 is 0.642 bits per heavy atom. The van der Waals surface area contributed by atoms with Gasteiger partial charge < -0.3 is 4.57 Å². The lowest BCUT2D eigenvalue weighted by atomic mass is 9.82. The molecule has 0 amide bonds. The Kier molecular flexibility index (Phi) is 14.2. The van der Waals surface area contributed by atoms with Gasteiger partial charge in [-0.25, -0.2) is 9.97 Å². The fourth-order valence-electron chi connectivity index (χ4n) is 16.9. The van der Waals surface area contributed by atoms with E-state index in [0.717, 1.165) is 139 Å². The number of hydrogen-bond donors (Lipinski definition) is 0. The number of nitriles is 1. The van der Waals surface area contributed by atoms with Crippen LogP contribution in [0.15, 0.2) is 273 Å². The predicted octanol–water partition coefficient (Wildman–Crippen LogP) is 25.2. The monoisotopic (exact) mass is 1370 g/mol. The summed E-state index contributed by atoms with van der Waals surface area (Å²) in [4.78, 5) is 11.7.